The first-order valence-electron chi connectivity index (χ1n) is 6.65. The number of nitrogens with zero attached hydrogens (tertiary/aromatic N) is 5. The van der Waals surface area contributed by atoms with Crippen molar-refractivity contribution in [2.45, 2.75) is 0 Å². The van der Waals surface area contributed by atoms with Crippen LogP contribution in [0, 0.1) is 59.2 Å². The average Bonchev–Trinajstić information content (AvgIpc) is 2.80. The zero-order valence-electron chi connectivity index (χ0n) is 14.3. The Balaban J connectivity index is -0.000000128. The molecule has 0 aliphatic heterocycles. The normalized spacial score (nSPS) is 6.15. The molecule has 0 aromatic heterocycles. The molecule has 2 aromatic carbocycles. The fourth-order valence-corrected chi connectivity index (χ4v) is 1.53. The van der Waals surface area contributed by atoms with Crippen LogP contribution in [-0.4, -0.2) is 13.1 Å². The molecule has 0 heterocycles. The van der Waals surface area contributed by atoms with Crippen LogP contribution in [-0.2, 0) is 17.1 Å². The summed E-state index contributed by atoms with van der Waals surface area (Å²) in [6, 6.07) is 20.5. The first-order chi connectivity index (χ1) is 12.9. The standard InChI is InChI=1S/C14H16N2.5CN.Fe/c1-3-7-13(8-4-1)15-11-12-16-14-9-5-2-6-10-14;5*1-2;/h1-10,15-16H,11-12H2;;;;;;/q;5*-1;+5. The monoisotopic (exact) mass is 398 g/mol. The first kappa shape index (κ1) is 34.4. The van der Waals surface area contributed by atoms with Gasteiger partial charge in [0.05, 0.1) is 0 Å². The fourth-order valence-electron chi connectivity index (χ4n) is 1.53. The molecule has 0 unspecified atom stereocenters. The van der Waals surface area contributed by atoms with E-state index in [0.717, 1.165) is 24.5 Å². The van der Waals surface area contributed by atoms with Gasteiger partial charge in [0.15, 0.2) is 0 Å². The Morgan fingerprint density at radius 1 is 0.481 bits per heavy atom. The van der Waals surface area contributed by atoms with E-state index in [9.17, 15) is 0 Å². The Hall–Kier alpha value is -3.99. The summed E-state index contributed by atoms with van der Waals surface area (Å²) in [4.78, 5) is 0. The van der Waals surface area contributed by atoms with Gasteiger partial charge in [-0.3, -0.25) is 0 Å². The van der Waals surface area contributed by atoms with Crippen molar-refractivity contribution in [3.05, 3.63) is 93.5 Å². The number of para-hydroxylation sites is 2. The molecule has 8 heteroatoms. The first-order valence-corrected chi connectivity index (χ1v) is 6.65. The Kier molecular flexibility index (Phi) is 48.2. The van der Waals surface area contributed by atoms with Gasteiger partial charge < -0.3 is 69.8 Å². The predicted molar refractivity (Wildman–Crippen MR) is 94.7 cm³/mol. The minimum Gasteiger partial charge on any atom is -0.512 e. The molecule has 0 saturated carbocycles. The van der Waals surface area contributed by atoms with Crippen LogP contribution in [0.15, 0.2) is 60.7 Å². The molecule has 0 spiro atoms. The van der Waals surface area contributed by atoms with E-state index >= 15 is 0 Å². The van der Waals surface area contributed by atoms with Crippen molar-refractivity contribution >= 4 is 11.4 Å². The summed E-state index contributed by atoms with van der Waals surface area (Å²) in [7, 11) is 0. The molecule has 27 heavy (non-hydrogen) atoms. The van der Waals surface area contributed by atoms with E-state index in [1.54, 1.807) is 0 Å². The average molecular weight is 398 g/mol. The minimum absolute atomic E-state index is 0. The third kappa shape index (κ3) is 24.4. The number of nitrogens with one attached hydrogen (secondary N) is 2. The Morgan fingerprint density at radius 3 is 0.926 bits per heavy atom. The minimum atomic E-state index is 0. The van der Waals surface area contributed by atoms with Gasteiger partial charge in [0.25, 0.3) is 0 Å². The van der Waals surface area contributed by atoms with Crippen LogP contribution in [0.5, 0.6) is 0 Å². The molecule has 2 N–H and O–H groups in total. The molecular weight excluding hydrogens is 382 g/mol. The van der Waals surface area contributed by atoms with Crippen molar-refractivity contribution in [3.63, 3.8) is 0 Å². The number of benzene rings is 2. The molecule has 0 atom stereocenters. The summed E-state index contributed by atoms with van der Waals surface area (Å²) in [5, 5.41) is 38.0. The van der Waals surface area contributed by atoms with E-state index in [1.807, 2.05) is 36.4 Å². The molecule has 135 valence electrons. The van der Waals surface area contributed by atoms with Gasteiger partial charge in [0.1, 0.15) is 0 Å². The van der Waals surface area contributed by atoms with Gasteiger partial charge in [-0.15, -0.1) is 0 Å². The fraction of sp³-hybridized carbons (Fsp3) is 0.105. The van der Waals surface area contributed by atoms with Gasteiger partial charge in [-0.1, -0.05) is 36.4 Å². The molecule has 1 radical (unpaired) electrons. The molecule has 0 fully saturated rings. The van der Waals surface area contributed by atoms with Crippen LogP contribution in [0.2, 0.25) is 0 Å². The van der Waals surface area contributed by atoms with Gasteiger partial charge in [0, 0.05) is 24.5 Å². The van der Waals surface area contributed by atoms with E-state index in [-0.39, 0.29) is 17.1 Å². The zero-order chi connectivity index (χ0) is 21.1. The van der Waals surface area contributed by atoms with Crippen molar-refractivity contribution in [3.8, 4) is 0 Å². The molecule has 0 aliphatic rings. The van der Waals surface area contributed by atoms with Gasteiger partial charge in [-0.2, -0.15) is 0 Å². The summed E-state index contributed by atoms with van der Waals surface area (Å²) in [5.74, 6) is 0. The largest absolute Gasteiger partial charge is 5.00 e. The van der Waals surface area contributed by atoms with E-state index in [1.165, 1.54) is 0 Å². The van der Waals surface area contributed by atoms with Crippen molar-refractivity contribution < 1.29 is 17.1 Å². The quantitative estimate of drug-likeness (QED) is 0.444. The Bertz CT molecular complexity index is 528. The molecule has 7 nitrogen and oxygen atoms in total. The van der Waals surface area contributed by atoms with Crippen LogP contribution < -0.4 is 10.6 Å². The second-order valence-corrected chi connectivity index (χ2v) is 3.59. The van der Waals surface area contributed by atoms with Gasteiger partial charge in [0.2, 0.25) is 0 Å². The number of anilines is 2. The zero-order valence-corrected chi connectivity index (χ0v) is 15.4. The van der Waals surface area contributed by atoms with Crippen molar-refractivity contribution in [1.29, 1.82) is 26.3 Å². The SMILES string of the molecule is [C-]#N.[C-]#N.[C-]#N.[C-]#N.[C-]#N.[Fe+5].c1ccc(NCCNc2ccccc2)cc1. The van der Waals surface area contributed by atoms with Gasteiger partial charge >= 0.3 is 17.1 Å². The third-order valence-electron chi connectivity index (χ3n) is 2.33. The molecule has 0 aliphatic carbocycles. The van der Waals surface area contributed by atoms with E-state index < -0.39 is 0 Å². The number of hydrogen-bond donors (Lipinski definition) is 2. The van der Waals surface area contributed by atoms with E-state index in [0.29, 0.717) is 0 Å². The summed E-state index contributed by atoms with van der Waals surface area (Å²) < 4.78 is 0. The van der Waals surface area contributed by atoms with Crippen LogP contribution >= 0.6 is 0 Å². The molecule has 0 amide bonds. The maximum absolute atomic E-state index is 6.25. The summed E-state index contributed by atoms with van der Waals surface area (Å²) in [5.41, 5.74) is 2.33. The van der Waals surface area contributed by atoms with Gasteiger partial charge in [-0.05, 0) is 24.3 Å². The van der Waals surface area contributed by atoms with Crippen molar-refractivity contribution in [1.82, 2.24) is 0 Å². The maximum atomic E-state index is 6.25. The second kappa shape index (κ2) is 37.9. The van der Waals surface area contributed by atoms with Crippen LogP contribution in [0.3, 0.4) is 0 Å². The van der Waals surface area contributed by atoms with Crippen molar-refractivity contribution in [2.24, 2.45) is 0 Å². The molecule has 2 aromatic rings. The maximum Gasteiger partial charge on any atom is 5.00 e. The van der Waals surface area contributed by atoms with E-state index in [4.69, 9.17) is 59.2 Å². The van der Waals surface area contributed by atoms with E-state index in [2.05, 4.69) is 34.9 Å². The Labute approximate surface area is 172 Å². The summed E-state index contributed by atoms with van der Waals surface area (Å²) >= 11 is 0. The third-order valence-corrected chi connectivity index (χ3v) is 2.33. The Morgan fingerprint density at radius 2 is 0.704 bits per heavy atom. The summed E-state index contributed by atoms with van der Waals surface area (Å²) in [6.45, 7) is 25.6. The number of hydrogen-bond acceptors (Lipinski definition) is 7. The topological polar surface area (TPSA) is 143 Å². The molecule has 0 bridgehead atoms. The van der Waals surface area contributed by atoms with Gasteiger partial charge in [-0.25, -0.2) is 0 Å². The smallest absolute Gasteiger partial charge is 0.512 e. The predicted octanol–water partition coefficient (Wildman–Crippen LogP) is 3.69. The summed E-state index contributed by atoms with van der Waals surface area (Å²) in [6.07, 6.45) is 0. The molecule has 0 saturated heterocycles. The molecular formula is C19H16FeN7. The number of rotatable bonds is 5. The van der Waals surface area contributed by atoms with Crippen LogP contribution in [0.4, 0.5) is 11.4 Å². The van der Waals surface area contributed by atoms with Crippen LogP contribution in [0.25, 0.3) is 0 Å². The second-order valence-electron chi connectivity index (χ2n) is 3.59. The van der Waals surface area contributed by atoms with Crippen LogP contribution in [0.1, 0.15) is 0 Å². The molecule has 2 rings (SSSR count). The van der Waals surface area contributed by atoms with Crippen molar-refractivity contribution in [2.75, 3.05) is 23.7 Å².